The van der Waals surface area contributed by atoms with Gasteiger partial charge in [0, 0.05) is 22.6 Å². The van der Waals surface area contributed by atoms with E-state index in [4.69, 9.17) is 4.74 Å². The second-order valence-corrected chi connectivity index (χ2v) is 7.19. The fraction of sp³-hybridized carbons (Fsp3) is 0.263. The van der Waals surface area contributed by atoms with Gasteiger partial charge in [-0.2, -0.15) is 5.10 Å². The number of carbonyl (C=O) groups excluding carboxylic acids is 1. The Kier molecular flexibility index (Phi) is 5.84. The topological polar surface area (TPSA) is 86.1 Å². The van der Waals surface area contributed by atoms with Crippen LogP contribution in [-0.2, 0) is 17.8 Å². The maximum atomic E-state index is 14.3. The molecule has 0 aliphatic rings. The summed E-state index contributed by atoms with van der Waals surface area (Å²) in [7, 11) is 1.44. The number of ether oxygens (including phenoxy) is 1. The van der Waals surface area contributed by atoms with Crippen LogP contribution in [0.5, 0.6) is 5.75 Å². The zero-order chi connectivity index (χ0) is 20.3. The van der Waals surface area contributed by atoms with Gasteiger partial charge in [0.1, 0.15) is 18.1 Å². The third kappa shape index (κ3) is 4.25. The summed E-state index contributed by atoms with van der Waals surface area (Å²) in [5.41, 5.74) is 0.911. The molecule has 1 amide bonds. The summed E-state index contributed by atoms with van der Waals surface area (Å²) in [6.07, 6.45) is 0.773. The molecule has 1 aromatic carbocycles. The molecular weight excluding hydrogens is 383 g/mol. The number of amides is 1. The average molecular weight is 402 g/mol. The Balaban J connectivity index is 1.81. The predicted molar refractivity (Wildman–Crippen MR) is 105 cm³/mol. The van der Waals surface area contributed by atoms with Gasteiger partial charge in [-0.15, -0.1) is 11.3 Å². The molecule has 0 atom stereocenters. The summed E-state index contributed by atoms with van der Waals surface area (Å²) in [4.78, 5) is 29.8. The SMILES string of the molecule is CCc1nc(NC(=O)Cn2nc(-c3ccc(OC)cc3F)ccc2=O)sc1C. The van der Waals surface area contributed by atoms with Gasteiger partial charge in [-0.1, -0.05) is 6.92 Å². The van der Waals surface area contributed by atoms with Gasteiger partial charge in [0.2, 0.25) is 5.91 Å². The normalized spacial score (nSPS) is 10.7. The predicted octanol–water partition coefficient (Wildman–Crippen LogP) is 3.02. The number of halogens is 1. The summed E-state index contributed by atoms with van der Waals surface area (Å²) in [6, 6.07) is 7.00. The number of aromatic nitrogens is 3. The van der Waals surface area contributed by atoms with Gasteiger partial charge in [0.05, 0.1) is 18.5 Å². The number of methoxy groups -OCH3 is 1. The van der Waals surface area contributed by atoms with Crippen LogP contribution in [0.4, 0.5) is 9.52 Å². The highest BCUT2D eigenvalue weighted by Crippen LogP contribution is 2.24. The molecule has 0 fully saturated rings. The van der Waals surface area contributed by atoms with Crippen molar-refractivity contribution in [2.45, 2.75) is 26.8 Å². The minimum absolute atomic E-state index is 0.207. The van der Waals surface area contributed by atoms with Gasteiger partial charge in [0.25, 0.3) is 5.56 Å². The Morgan fingerprint density at radius 3 is 2.75 bits per heavy atom. The minimum atomic E-state index is -0.535. The van der Waals surface area contributed by atoms with Crippen LogP contribution in [-0.4, -0.2) is 27.8 Å². The molecule has 0 spiro atoms. The molecule has 9 heteroatoms. The Bertz CT molecular complexity index is 1080. The van der Waals surface area contributed by atoms with Crippen LogP contribution in [0.2, 0.25) is 0 Å². The van der Waals surface area contributed by atoms with Crippen molar-refractivity contribution >= 4 is 22.4 Å². The molecule has 2 aromatic heterocycles. The number of benzene rings is 1. The first kappa shape index (κ1) is 19.7. The summed E-state index contributed by atoms with van der Waals surface area (Å²) in [5.74, 6) is -0.593. The van der Waals surface area contributed by atoms with E-state index < -0.39 is 17.3 Å². The summed E-state index contributed by atoms with van der Waals surface area (Å²) >= 11 is 1.38. The molecule has 0 unspecified atom stereocenters. The Morgan fingerprint density at radius 1 is 1.32 bits per heavy atom. The monoisotopic (exact) mass is 402 g/mol. The van der Waals surface area contributed by atoms with Crippen molar-refractivity contribution < 1.29 is 13.9 Å². The lowest BCUT2D eigenvalue weighted by atomic mass is 10.1. The third-order valence-electron chi connectivity index (χ3n) is 4.09. The van der Waals surface area contributed by atoms with Crippen LogP contribution in [0, 0.1) is 12.7 Å². The highest BCUT2D eigenvalue weighted by atomic mass is 32.1. The van der Waals surface area contributed by atoms with Crippen molar-refractivity contribution in [3.63, 3.8) is 0 Å². The van der Waals surface area contributed by atoms with Crippen molar-refractivity contribution in [3.05, 3.63) is 57.1 Å². The summed E-state index contributed by atoms with van der Waals surface area (Å²) in [5, 5.41) is 7.28. The van der Waals surface area contributed by atoms with E-state index in [1.807, 2.05) is 13.8 Å². The molecule has 3 rings (SSSR count). The minimum Gasteiger partial charge on any atom is -0.497 e. The number of rotatable bonds is 6. The first-order chi connectivity index (χ1) is 13.4. The number of aryl methyl sites for hydroxylation is 2. The van der Waals surface area contributed by atoms with Crippen LogP contribution in [0.15, 0.2) is 35.1 Å². The van der Waals surface area contributed by atoms with Crippen LogP contribution in [0.25, 0.3) is 11.3 Å². The third-order valence-corrected chi connectivity index (χ3v) is 5.01. The standard InChI is InChI=1S/C19H19FN4O3S/c1-4-15-11(2)28-19(21-15)22-17(25)10-24-18(26)8-7-16(23-24)13-6-5-12(27-3)9-14(13)20/h5-9H,4,10H2,1-3H3,(H,21,22,25). The first-order valence-corrected chi connectivity index (χ1v) is 9.41. The van der Waals surface area contributed by atoms with Crippen molar-refractivity contribution in [1.29, 1.82) is 0 Å². The molecule has 0 aliphatic heterocycles. The van der Waals surface area contributed by atoms with Gasteiger partial charge in [-0.05, 0) is 31.5 Å². The summed E-state index contributed by atoms with van der Waals surface area (Å²) in [6.45, 7) is 3.62. The lowest BCUT2D eigenvalue weighted by molar-refractivity contribution is -0.117. The van der Waals surface area contributed by atoms with E-state index in [0.717, 1.165) is 21.7 Å². The number of nitrogens with zero attached hydrogens (tertiary/aromatic N) is 3. The average Bonchev–Trinajstić information content (AvgIpc) is 3.02. The van der Waals surface area contributed by atoms with Gasteiger partial charge >= 0.3 is 0 Å². The number of anilines is 1. The molecule has 146 valence electrons. The fourth-order valence-corrected chi connectivity index (χ4v) is 3.56. The van der Waals surface area contributed by atoms with Gasteiger partial charge < -0.3 is 10.1 Å². The van der Waals surface area contributed by atoms with Gasteiger partial charge in [-0.25, -0.2) is 14.1 Å². The molecule has 0 aliphatic carbocycles. The number of thiazole rings is 1. The van der Waals surface area contributed by atoms with Crippen molar-refractivity contribution in [2.75, 3.05) is 12.4 Å². The molecule has 1 N–H and O–H groups in total. The zero-order valence-corrected chi connectivity index (χ0v) is 16.5. The van der Waals surface area contributed by atoms with E-state index in [2.05, 4.69) is 15.4 Å². The van der Waals surface area contributed by atoms with Gasteiger partial charge in [-0.3, -0.25) is 9.59 Å². The van der Waals surface area contributed by atoms with Crippen LogP contribution in [0.3, 0.4) is 0 Å². The van der Waals surface area contributed by atoms with E-state index in [0.29, 0.717) is 10.9 Å². The number of carbonyl (C=O) groups is 1. The lowest BCUT2D eigenvalue weighted by Gasteiger charge is -2.08. The zero-order valence-electron chi connectivity index (χ0n) is 15.7. The molecule has 0 saturated carbocycles. The Morgan fingerprint density at radius 2 is 2.11 bits per heavy atom. The molecule has 0 bridgehead atoms. The van der Waals surface area contributed by atoms with Crippen LogP contribution < -0.4 is 15.6 Å². The molecule has 0 radical (unpaired) electrons. The largest absolute Gasteiger partial charge is 0.497 e. The van der Waals surface area contributed by atoms with Gasteiger partial charge in [0.15, 0.2) is 5.13 Å². The van der Waals surface area contributed by atoms with Crippen molar-refractivity contribution in [2.24, 2.45) is 0 Å². The molecule has 3 aromatic rings. The molecular formula is C19H19FN4O3S. The van der Waals surface area contributed by atoms with E-state index in [1.54, 1.807) is 6.07 Å². The van der Waals surface area contributed by atoms with E-state index >= 15 is 0 Å². The Hall–Kier alpha value is -3.07. The van der Waals surface area contributed by atoms with Crippen molar-refractivity contribution in [3.8, 4) is 17.0 Å². The highest BCUT2D eigenvalue weighted by molar-refractivity contribution is 7.15. The highest BCUT2D eigenvalue weighted by Gasteiger charge is 2.13. The summed E-state index contributed by atoms with van der Waals surface area (Å²) < 4.78 is 20.3. The maximum Gasteiger partial charge on any atom is 0.267 e. The maximum absolute atomic E-state index is 14.3. The lowest BCUT2D eigenvalue weighted by Crippen LogP contribution is -2.29. The molecule has 28 heavy (non-hydrogen) atoms. The van der Waals surface area contributed by atoms with E-state index in [1.165, 1.54) is 42.7 Å². The first-order valence-electron chi connectivity index (χ1n) is 8.59. The van der Waals surface area contributed by atoms with Crippen molar-refractivity contribution in [1.82, 2.24) is 14.8 Å². The second-order valence-electron chi connectivity index (χ2n) is 5.98. The molecule has 2 heterocycles. The van der Waals surface area contributed by atoms with E-state index in [-0.39, 0.29) is 17.8 Å². The van der Waals surface area contributed by atoms with Crippen LogP contribution >= 0.6 is 11.3 Å². The molecule has 7 nitrogen and oxygen atoms in total. The smallest absolute Gasteiger partial charge is 0.267 e. The Labute approximate surface area is 164 Å². The quantitative estimate of drug-likeness (QED) is 0.685. The number of nitrogens with one attached hydrogen (secondary N) is 1. The molecule has 0 saturated heterocycles. The second kappa shape index (κ2) is 8.30. The van der Waals surface area contributed by atoms with E-state index in [9.17, 15) is 14.0 Å². The number of hydrogen-bond acceptors (Lipinski definition) is 6. The van der Waals surface area contributed by atoms with Crippen LogP contribution in [0.1, 0.15) is 17.5 Å². The number of hydrogen-bond donors (Lipinski definition) is 1. The fourth-order valence-electron chi connectivity index (χ4n) is 2.64.